The van der Waals surface area contributed by atoms with Crippen molar-refractivity contribution in [2.75, 3.05) is 38.3 Å². The molecule has 3 aromatic rings. The number of hydrogen-bond acceptors (Lipinski definition) is 7. The van der Waals surface area contributed by atoms with Crippen molar-refractivity contribution in [3.05, 3.63) is 57.4 Å². The fraction of sp³-hybridized carbons (Fsp3) is 0.316. The quantitative estimate of drug-likeness (QED) is 0.494. The SMILES string of the molecule is COc1ccc(Cc2n[nH]c(=S)n2/N=C\c2ccc(N3CCOCC3)s2)cc1. The lowest BCUT2D eigenvalue weighted by Crippen LogP contribution is -2.35. The van der Waals surface area contributed by atoms with E-state index in [2.05, 4.69) is 32.3 Å². The zero-order valence-electron chi connectivity index (χ0n) is 15.5. The third-order valence-corrected chi connectivity index (χ3v) is 5.82. The number of benzene rings is 1. The van der Waals surface area contributed by atoms with Crippen molar-refractivity contribution >= 4 is 34.8 Å². The molecule has 0 aliphatic carbocycles. The number of H-pyrrole nitrogens is 1. The third kappa shape index (κ3) is 4.32. The van der Waals surface area contributed by atoms with E-state index >= 15 is 0 Å². The van der Waals surface area contributed by atoms with Crippen LogP contribution < -0.4 is 9.64 Å². The van der Waals surface area contributed by atoms with Gasteiger partial charge in [0.25, 0.3) is 0 Å². The highest BCUT2D eigenvalue weighted by Gasteiger charge is 2.13. The first-order valence-corrected chi connectivity index (χ1v) is 10.2. The van der Waals surface area contributed by atoms with Gasteiger partial charge < -0.3 is 14.4 Å². The van der Waals surface area contributed by atoms with Crippen LogP contribution in [0, 0.1) is 4.77 Å². The number of ether oxygens (including phenoxy) is 2. The summed E-state index contributed by atoms with van der Waals surface area (Å²) in [4.78, 5) is 3.41. The number of morpholine rings is 1. The predicted octanol–water partition coefficient (Wildman–Crippen LogP) is 3.32. The molecule has 0 saturated carbocycles. The standard InChI is InChI=1S/C19H21N5O2S2/c1-25-15-4-2-14(3-5-15)12-17-21-22-19(27)24(17)20-13-16-6-7-18(28-16)23-8-10-26-11-9-23/h2-7,13H,8-12H2,1H3,(H,22,27)/b20-13-. The van der Waals surface area contributed by atoms with Gasteiger partial charge in [0.05, 0.1) is 31.5 Å². The zero-order chi connectivity index (χ0) is 19.3. The molecule has 0 atom stereocenters. The molecular formula is C19H21N5O2S2. The first kappa shape index (κ1) is 18.9. The maximum atomic E-state index is 5.42. The van der Waals surface area contributed by atoms with Crippen LogP contribution in [0.15, 0.2) is 41.5 Å². The molecular weight excluding hydrogens is 394 g/mol. The number of aromatic nitrogens is 3. The Morgan fingerprint density at radius 3 is 2.79 bits per heavy atom. The summed E-state index contributed by atoms with van der Waals surface area (Å²) in [7, 11) is 1.66. The highest BCUT2D eigenvalue weighted by molar-refractivity contribution is 7.71. The maximum absolute atomic E-state index is 5.42. The number of hydrogen-bond donors (Lipinski definition) is 1. The van der Waals surface area contributed by atoms with Gasteiger partial charge in [-0.3, -0.25) is 5.10 Å². The van der Waals surface area contributed by atoms with Gasteiger partial charge in [-0.1, -0.05) is 12.1 Å². The molecule has 3 heterocycles. The summed E-state index contributed by atoms with van der Waals surface area (Å²) >= 11 is 7.05. The molecule has 7 nitrogen and oxygen atoms in total. The van der Waals surface area contributed by atoms with E-state index in [1.807, 2.05) is 30.5 Å². The molecule has 1 N–H and O–H groups in total. The van der Waals surface area contributed by atoms with Gasteiger partial charge >= 0.3 is 0 Å². The molecule has 0 radical (unpaired) electrons. The van der Waals surface area contributed by atoms with Gasteiger partial charge in [-0.05, 0) is 42.0 Å². The number of methoxy groups -OCH3 is 1. The second kappa shape index (κ2) is 8.68. The Hall–Kier alpha value is -2.49. The topological polar surface area (TPSA) is 67.7 Å². The number of thiophene rings is 1. The molecule has 4 rings (SSSR count). The molecule has 1 aromatic carbocycles. The summed E-state index contributed by atoms with van der Waals surface area (Å²) < 4.78 is 12.8. The van der Waals surface area contributed by atoms with Crippen LogP contribution in [0.25, 0.3) is 0 Å². The van der Waals surface area contributed by atoms with E-state index in [9.17, 15) is 0 Å². The lowest BCUT2D eigenvalue weighted by atomic mass is 10.1. The Bertz CT molecular complexity index is 1000. The Labute approximate surface area is 172 Å². The molecule has 1 saturated heterocycles. The summed E-state index contributed by atoms with van der Waals surface area (Å²) in [5.74, 6) is 1.59. The van der Waals surface area contributed by atoms with Crippen molar-refractivity contribution in [1.82, 2.24) is 14.9 Å². The van der Waals surface area contributed by atoms with Gasteiger partial charge in [-0.2, -0.15) is 14.9 Å². The minimum atomic E-state index is 0.477. The second-order valence-electron chi connectivity index (χ2n) is 6.30. The summed E-state index contributed by atoms with van der Waals surface area (Å²) in [5, 5.41) is 13.0. The average molecular weight is 416 g/mol. The summed E-state index contributed by atoms with van der Waals surface area (Å²) in [5.41, 5.74) is 1.11. The minimum Gasteiger partial charge on any atom is -0.497 e. The van der Waals surface area contributed by atoms with Crippen LogP contribution in [0.2, 0.25) is 0 Å². The molecule has 1 fully saturated rings. The maximum Gasteiger partial charge on any atom is 0.216 e. The predicted molar refractivity (Wildman–Crippen MR) is 114 cm³/mol. The van der Waals surface area contributed by atoms with Crippen molar-refractivity contribution in [3.8, 4) is 5.75 Å². The molecule has 28 heavy (non-hydrogen) atoms. The van der Waals surface area contributed by atoms with E-state index in [-0.39, 0.29) is 0 Å². The fourth-order valence-electron chi connectivity index (χ4n) is 2.96. The normalized spacial score (nSPS) is 14.7. The molecule has 146 valence electrons. The monoisotopic (exact) mass is 415 g/mol. The van der Waals surface area contributed by atoms with Crippen molar-refractivity contribution in [3.63, 3.8) is 0 Å². The molecule has 9 heteroatoms. The smallest absolute Gasteiger partial charge is 0.216 e. The van der Waals surface area contributed by atoms with Gasteiger partial charge in [-0.25, -0.2) is 0 Å². The highest BCUT2D eigenvalue weighted by atomic mass is 32.1. The lowest BCUT2D eigenvalue weighted by molar-refractivity contribution is 0.123. The van der Waals surface area contributed by atoms with Crippen LogP contribution in [0.3, 0.4) is 0 Å². The number of rotatable bonds is 6. The van der Waals surface area contributed by atoms with Crippen LogP contribution >= 0.6 is 23.6 Å². The van der Waals surface area contributed by atoms with Gasteiger partial charge in [0.15, 0.2) is 5.82 Å². The average Bonchev–Trinajstić information content (AvgIpc) is 3.35. The Morgan fingerprint density at radius 2 is 2.04 bits per heavy atom. The van der Waals surface area contributed by atoms with Crippen molar-refractivity contribution in [1.29, 1.82) is 0 Å². The first-order valence-electron chi connectivity index (χ1n) is 8.99. The lowest BCUT2D eigenvalue weighted by Gasteiger charge is -2.27. The molecule has 0 amide bonds. The van der Waals surface area contributed by atoms with Crippen LogP contribution in [0.5, 0.6) is 5.75 Å². The van der Waals surface area contributed by atoms with Crippen LogP contribution in [0.1, 0.15) is 16.3 Å². The Morgan fingerprint density at radius 1 is 1.25 bits per heavy atom. The molecule has 0 bridgehead atoms. The molecule has 2 aromatic heterocycles. The first-order chi connectivity index (χ1) is 13.7. The van der Waals surface area contributed by atoms with Crippen LogP contribution in [0.4, 0.5) is 5.00 Å². The van der Waals surface area contributed by atoms with E-state index in [1.54, 1.807) is 23.1 Å². The minimum absolute atomic E-state index is 0.477. The largest absolute Gasteiger partial charge is 0.497 e. The van der Waals surface area contributed by atoms with Gasteiger partial charge in [-0.15, -0.1) is 11.3 Å². The van der Waals surface area contributed by atoms with E-state index in [1.165, 1.54) is 5.00 Å². The number of aromatic amines is 1. The van der Waals surface area contributed by atoms with E-state index in [0.29, 0.717) is 11.2 Å². The van der Waals surface area contributed by atoms with Crippen LogP contribution in [-0.2, 0) is 11.2 Å². The third-order valence-electron chi connectivity index (χ3n) is 4.47. The van der Waals surface area contributed by atoms with E-state index in [0.717, 1.165) is 48.3 Å². The molecule has 0 unspecified atom stereocenters. The zero-order valence-corrected chi connectivity index (χ0v) is 17.1. The number of anilines is 1. The van der Waals surface area contributed by atoms with E-state index < -0.39 is 0 Å². The van der Waals surface area contributed by atoms with E-state index in [4.69, 9.17) is 21.7 Å². The molecule has 1 aliphatic rings. The van der Waals surface area contributed by atoms with Gasteiger partial charge in [0, 0.05) is 24.4 Å². The Balaban J connectivity index is 1.49. The van der Waals surface area contributed by atoms with Crippen molar-refractivity contribution in [2.24, 2.45) is 5.10 Å². The molecule has 0 spiro atoms. The Kier molecular flexibility index (Phi) is 5.84. The van der Waals surface area contributed by atoms with Crippen molar-refractivity contribution in [2.45, 2.75) is 6.42 Å². The second-order valence-corrected chi connectivity index (χ2v) is 7.78. The van der Waals surface area contributed by atoms with Gasteiger partial charge in [0.1, 0.15) is 5.75 Å². The number of nitrogens with zero attached hydrogens (tertiary/aromatic N) is 4. The van der Waals surface area contributed by atoms with Crippen LogP contribution in [-0.4, -0.2) is 54.5 Å². The van der Waals surface area contributed by atoms with Gasteiger partial charge in [0.2, 0.25) is 4.77 Å². The van der Waals surface area contributed by atoms with Crippen molar-refractivity contribution < 1.29 is 9.47 Å². The summed E-state index contributed by atoms with van der Waals surface area (Å²) in [6, 6.07) is 12.1. The molecule has 1 aliphatic heterocycles. The summed E-state index contributed by atoms with van der Waals surface area (Å²) in [6.07, 6.45) is 2.45. The highest BCUT2D eigenvalue weighted by Crippen LogP contribution is 2.25. The number of nitrogens with one attached hydrogen (secondary N) is 1. The summed E-state index contributed by atoms with van der Waals surface area (Å²) in [6.45, 7) is 3.41. The fourth-order valence-corrected chi connectivity index (χ4v) is 4.09.